The quantitative estimate of drug-likeness (QED) is 0.367. The highest BCUT2D eigenvalue weighted by atomic mass is 35.5. The van der Waals surface area contributed by atoms with Crippen LogP contribution in [-0.4, -0.2) is 42.5 Å². The van der Waals surface area contributed by atoms with Crippen molar-refractivity contribution in [2.75, 3.05) is 13.7 Å². The number of hydrogen-bond acceptors (Lipinski definition) is 4. The van der Waals surface area contributed by atoms with Gasteiger partial charge in [0.15, 0.2) is 0 Å². The van der Waals surface area contributed by atoms with Crippen LogP contribution in [0.5, 0.6) is 11.5 Å². The zero-order chi connectivity index (χ0) is 25.2. The van der Waals surface area contributed by atoms with Crippen LogP contribution >= 0.6 is 23.2 Å². The molecule has 1 atom stereocenters. The molecule has 0 bridgehead atoms. The zero-order valence-corrected chi connectivity index (χ0v) is 21.9. The second-order valence-corrected chi connectivity index (χ2v) is 9.73. The predicted octanol–water partition coefficient (Wildman–Crippen LogP) is 6.03. The van der Waals surface area contributed by atoms with Crippen LogP contribution in [0, 0.1) is 0 Å². The molecule has 0 radical (unpaired) electrons. The Bertz CT molecular complexity index is 978. The first-order valence-corrected chi connectivity index (χ1v) is 12.9. The number of carbonyl (C=O) groups excluding carboxylic acids is 2. The van der Waals surface area contributed by atoms with E-state index in [0.717, 1.165) is 37.0 Å². The van der Waals surface area contributed by atoms with Gasteiger partial charge in [-0.05, 0) is 68.1 Å². The number of benzene rings is 2. The summed E-state index contributed by atoms with van der Waals surface area (Å²) in [4.78, 5) is 27.9. The van der Waals surface area contributed by atoms with Gasteiger partial charge in [0.25, 0.3) is 0 Å². The van der Waals surface area contributed by atoms with E-state index in [1.165, 1.54) is 6.42 Å². The minimum absolute atomic E-state index is 0.110. The smallest absolute Gasteiger partial charge is 0.242 e. The van der Waals surface area contributed by atoms with E-state index in [0.29, 0.717) is 28.8 Å². The monoisotopic (exact) mass is 520 g/mol. The Morgan fingerprint density at radius 3 is 2.37 bits per heavy atom. The standard InChI is InChI=1S/C27H34Cl2N2O4/c1-19(27(33)30-21-7-4-3-5-8-21)31(18-20-10-15-24(28)25(29)17-20)26(32)9-6-16-35-23-13-11-22(34-2)12-14-23/h10-15,17,19,21H,3-9,16,18H2,1-2H3,(H,30,33)/t19-/m0/s1. The van der Waals surface area contributed by atoms with Gasteiger partial charge in [-0.25, -0.2) is 0 Å². The summed E-state index contributed by atoms with van der Waals surface area (Å²) in [7, 11) is 1.61. The lowest BCUT2D eigenvalue weighted by molar-refractivity contribution is -0.141. The van der Waals surface area contributed by atoms with Crippen LogP contribution in [0.2, 0.25) is 10.0 Å². The topological polar surface area (TPSA) is 67.9 Å². The predicted molar refractivity (Wildman–Crippen MR) is 139 cm³/mol. The van der Waals surface area contributed by atoms with Gasteiger partial charge >= 0.3 is 0 Å². The van der Waals surface area contributed by atoms with Crippen molar-refractivity contribution in [2.24, 2.45) is 0 Å². The van der Waals surface area contributed by atoms with Gasteiger partial charge in [-0.1, -0.05) is 48.5 Å². The number of amides is 2. The molecule has 3 rings (SSSR count). The third-order valence-electron chi connectivity index (χ3n) is 6.32. The van der Waals surface area contributed by atoms with E-state index in [4.69, 9.17) is 32.7 Å². The Balaban J connectivity index is 1.61. The summed E-state index contributed by atoms with van der Waals surface area (Å²) in [6, 6.07) is 12.1. The fourth-order valence-corrected chi connectivity index (χ4v) is 4.54. The summed E-state index contributed by atoms with van der Waals surface area (Å²) in [5.41, 5.74) is 0.819. The summed E-state index contributed by atoms with van der Waals surface area (Å²) >= 11 is 12.2. The molecular formula is C27H34Cl2N2O4. The molecule has 0 saturated heterocycles. The molecule has 0 aliphatic heterocycles. The van der Waals surface area contributed by atoms with E-state index in [1.54, 1.807) is 31.1 Å². The van der Waals surface area contributed by atoms with Crippen molar-refractivity contribution >= 4 is 35.0 Å². The minimum Gasteiger partial charge on any atom is -0.497 e. The average Bonchev–Trinajstić information content (AvgIpc) is 2.87. The first kappa shape index (κ1) is 27.2. The molecule has 1 fully saturated rings. The minimum atomic E-state index is -0.610. The molecule has 2 amide bonds. The van der Waals surface area contributed by atoms with E-state index in [2.05, 4.69) is 5.32 Å². The average molecular weight is 521 g/mol. The van der Waals surface area contributed by atoms with Crippen molar-refractivity contribution in [1.82, 2.24) is 10.2 Å². The van der Waals surface area contributed by atoms with Crippen LogP contribution < -0.4 is 14.8 Å². The Morgan fingerprint density at radius 2 is 1.71 bits per heavy atom. The Hall–Kier alpha value is -2.44. The molecule has 0 heterocycles. The fraction of sp³-hybridized carbons (Fsp3) is 0.481. The Kier molecular flexibility index (Phi) is 10.5. The van der Waals surface area contributed by atoms with Gasteiger partial charge in [-0.2, -0.15) is 0 Å². The van der Waals surface area contributed by atoms with Gasteiger partial charge in [-0.15, -0.1) is 0 Å². The molecule has 1 N–H and O–H groups in total. The van der Waals surface area contributed by atoms with Crippen LogP contribution in [0.1, 0.15) is 57.4 Å². The maximum absolute atomic E-state index is 13.2. The van der Waals surface area contributed by atoms with Gasteiger partial charge in [0, 0.05) is 19.0 Å². The van der Waals surface area contributed by atoms with Crippen molar-refractivity contribution in [3.63, 3.8) is 0 Å². The number of hydrogen-bond donors (Lipinski definition) is 1. The largest absolute Gasteiger partial charge is 0.497 e. The summed E-state index contributed by atoms with van der Waals surface area (Å²) < 4.78 is 10.9. The van der Waals surface area contributed by atoms with Gasteiger partial charge in [0.05, 0.1) is 23.8 Å². The number of methoxy groups -OCH3 is 1. The molecule has 6 nitrogen and oxygen atoms in total. The van der Waals surface area contributed by atoms with Crippen LogP contribution in [0.4, 0.5) is 0 Å². The number of ether oxygens (including phenoxy) is 2. The Morgan fingerprint density at radius 1 is 1.03 bits per heavy atom. The third kappa shape index (κ3) is 8.32. The Labute approximate surface area is 217 Å². The van der Waals surface area contributed by atoms with Crippen LogP contribution in [0.3, 0.4) is 0 Å². The molecule has 1 saturated carbocycles. The highest BCUT2D eigenvalue weighted by Crippen LogP contribution is 2.24. The molecule has 8 heteroatoms. The molecule has 2 aromatic rings. The fourth-order valence-electron chi connectivity index (χ4n) is 4.22. The lowest BCUT2D eigenvalue weighted by Crippen LogP contribution is -2.50. The molecular weight excluding hydrogens is 487 g/mol. The van der Waals surface area contributed by atoms with Crippen molar-refractivity contribution < 1.29 is 19.1 Å². The summed E-state index contributed by atoms with van der Waals surface area (Å²) in [5, 5.41) is 4.01. The number of nitrogens with zero attached hydrogens (tertiary/aromatic N) is 1. The number of rotatable bonds is 11. The summed E-state index contributed by atoms with van der Waals surface area (Å²) in [6.07, 6.45) is 6.23. The van der Waals surface area contributed by atoms with Crippen LogP contribution in [-0.2, 0) is 16.1 Å². The highest BCUT2D eigenvalue weighted by molar-refractivity contribution is 6.42. The lowest BCUT2D eigenvalue weighted by atomic mass is 9.95. The summed E-state index contributed by atoms with van der Waals surface area (Å²) in [6.45, 7) is 2.44. The number of carbonyl (C=O) groups is 2. The van der Waals surface area contributed by atoms with Gasteiger partial charge in [-0.3, -0.25) is 9.59 Å². The van der Waals surface area contributed by atoms with Crippen LogP contribution in [0.25, 0.3) is 0 Å². The molecule has 0 spiro atoms. The molecule has 0 aromatic heterocycles. The van der Waals surface area contributed by atoms with Crippen LogP contribution in [0.15, 0.2) is 42.5 Å². The number of nitrogens with one attached hydrogen (secondary N) is 1. The third-order valence-corrected chi connectivity index (χ3v) is 7.06. The lowest BCUT2D eigenvalue weighted by Gasteiger charge is -2.31. The van der Waals surface area contributed by atoms with Gasteiger partial charge < -0.3 is 19.7 Å². The normalized spacial score (nSPS) is 14.7. The van der Waals surface area contributed by atoms with Crippen molar-refractivity contribution in [3.05, 3.63) is 58.1 Å². The molecule has 1 aliphatic carbocycles. The van der Waals surface area contributed by atoms with Gasteiger partial charge in [0.2, 0.25) is 11.8 Å². The molecule has 190 valence electrons. The van der Waals surface area contributed by atoms with Crippen molar-refractivity contribution in [2.45, 2.75) is 70.5 Å². The molecule has 0 unspecified atom stereocenters. The van der Waals surface area contributed by atoms with E-state index < -0.39 is 6.04 Å². The molecule has 35 heavy (non-hydrogen) atoms. The first-order chi connectivity index (χ1) is 16.9. The van der Waals surface area contributed by atoms with E-state index >= 15 is 0 Å². The van der Waals surface area contributed by atoms with Gasteiger partial charge in [0.1, 0.15) is 17.5 Å². The second kappa shape index (κ2) is 13.6. The maximum atomic E-state index is 13.2. The highest BCUT2D eigenvalue weighted by Gasteiger charge is 2.28. The van der Waals surface area contributed by atoms with Crippen molar-refractivity contribution in [3.8, 4) is 11.5 Å². The number of halogens is 2. The summed E-state index contributed by atoms with van der Waals surface area (Å²) in [5.74, 6) is 1.23. The molecule has 1 aliphatic rings. The second-order valence-electron chi connectivity index (χ2n) is 8.92. The van der Waals surface area contributed by atoms with E-state index in [-0.39, 0.29) is 30.8 Å². The first-order valence-electron chi connectivity index (χ1n) is 12.2. The molecule has 2 aromatic carbocycles. The SMILES string of the molecule is COc1ccc(OCCCC(=O)N(Cc2ccc(Cl)c(Cl)c2)[C@@H](C)C(=O)NC2CCCCC2)cc1. The zero-order valence-electron chi connectivity index (χ0n) is 20.4. The van der Waals surface area contributed by atoms with E-state index in [1.807, 2.05) is 30.3 Å². The van der Waals surface area contributed by atoms with E-state index in [9.17, 15) is 9.59 Å². The van der Waals surface area contributed by atoms with Crippen molar-refractivity contribution in [1.29, 1.82) is 0 Å². The maximum Gasteiger partial charge on any atom is 0.242 e.